The zero-order valence-corrected chi connectivity index (χ0v) is 8.65. The summed E-state index contributed by atoms with van der Waals surface area (Å²) in [5.74, 6) is -0.347. The summed E-state index contributed by atoms with van der Waals surface area (Å²) in [5.41, 5.74) is 8.00. The standard InChI is InChI=1S/C11H12N2O2/c1-13-6-9(12)8-5-7(11(14)15-2)3-4-10(8)13/h3-6H,12H2,1-2H3. The van der Waals surface area contributed by atoms with Crippen LogP contribution in [0.3, 0.4) is 0 Å². The topological polar surface area (TPSA) is 57.2 Å². The van der Waals surface area contributed by atoms with Crippen molar-refractivity contribution in [3.63, 3.8) is 0 Å². The molecule has 0 aliphatic carbocycles. The zero-order chi connectivity index (χ0) is 11.0. The second kappa shape index (κ2) is 3.31. The number of nitrogens with two attached hydrogens (primary N) is 1. The zero-order valence-electron chi connectivity index (χ0n) is 8.65. The summed E-state index contributed by atoms with van der Waals surface area (Å²) in [7, 11) is 3.28. The number of rotatable bonds is 1. The smallest absolute Gasteiger partial charge is 0.337 e. The maximum absolute atomic E-state index is 11.3. The minimum absolute atomic E-state index is 0.347. The lowest BCUT2D eigenvalue weighted by Crippen LogP contribution is -2.00. The number of carbonyl (C=O) groups excluding carboxylic acids is 1. The number of anilines is 1. The summed E-state index contributed by atoms with van der Waals surface area (Å²) in [4.78, 5) is 11.3. The first-order valence-corrected chi connectivity index (χ1v) is 4.56. The molecule has 0 atom stereocenters. The third kappa shape index (κ3) is 1.44. The molecule has 0 radical (unpaired) electrons. The summed E-state index contributed by atoms with van der Waals surface area (Å²) in [6.07, 6.45) is 1.83. The van der Waals surface area contributed by atoms with Crippen LogP contribution in [0.25, 0.3) is 10.9 Å². The second-order valence-corrected chi connectivity index (χ2v) is 3.42. The van der Waals surface area contributed by atoms with Gasteiger partial charge in [0.2, 0.25) is 0 Å². The van der Waals surface area contributed by atoms with Crippen LogP contribution in [0, 0.1) is 0 Å². The Morgan fingerprint density at radius 1 is 1.47 bits per heavy atom. The molecule has 0 unspecified atom stereocenters. The van der Waals surface area contributed by atoms with Crippen LogP contribution in [0.5, 0.6) is 0 Å². The molecule has 15 heavy (non-hydrogen) atoms. The maximum Gasteiger partial charge on any atom is 0.337 e. The van der Waals surface area contributed by atoms with E-state index in [1.807, 2.05) is 23.9 Å². The number of fused-ring (bicyclic) bond motifs is 1. The van der Waals surface area contributed by atoms with Gasteiger partial charge in [0.05, 0.1) is 18.4 Å². The van der Waals surface area contributed by atoms with Crippen LogP contribution < -0.4 is 5.73 Å². The first kappa shape index (κ1) is 9.58. The van der Waals surface area contributed by atoms with Gasteiger partial charge in [-0.3, -0.25) is 0 Å². The van der Waals surface area contributed by atoms with Gasteiger partial charge in [0.1, 0.15) is 0 Å². The van der Waals surface area contributed by atoms with Gasteiger partial charge in [0.15, 0.2) is 0 Å². The SMILES string of the molecule is COC(=O)c1ccc2c(c1)c(N)cn2C. The lowest BCUT2D eigenvalue weighted by atomic mass is 10.1. The van der Waals surface area contributed by atoms with Crippen LogP contribution in [-0.4, -0.2) is 17.6 Å². The van der Waals surface area contributed by atoms with Crippen LogP contribution in [0.1, 0.15) is 10.4 Å². The molecular formula is C11H12N2O2. The fourth-order valence-electron chi connectivity index (χ4n) is 1.67. The molecule has 0 bridgehead atoms. The molecule has 1 aromatic heterocycles. The summed E-state index contributed by atoms with van der Waals surface area (Å²) in [6, 6.07) is 5.34. The summed E-state index contributed by atoms with van der Waals surface area (Å²) in [6.45, 7) is 0. The average molecular weight is 204 g/mol. The number of carbonyl (C=O) groups is 1. The van der Waals surface area contributed by atoms with Crippen molar-refractivity contribution in [2.45, 2.75) is 0 Å². The first-order valence-electron chi connectivity index (χ1n) is 4.56. The monoisotopic (exact) mass is 204 g/mol. The quantitative estimate of drug-likeness (QED) is 0.717. The van der Waals surface area contributed by atoms with Gasteiger partial charge >= 0.3 is 5.97 Å². The lowest BCUT2D eigenvalue weighted by Gasteiger charge is -2.00. The van der Waals surface area contributed by atoms with Gasteiger partial charge in [-0.05, 0) is 18.2 Å². The van der Waals surface area contributed by atoms with Crippen LogP contribution in [0.4, 0.5) is 5.69 Å². The number of ether oxygens (including phenoxy) is 1. The molecule has 0 aliphatic rings. The first-order chi connectivity index (χ1) is 7.13. The normalized spacial score (nSPS) is 10.5. The van der Waals surface area contributed by atoms with Crippen LogP contribution in [0.15, 0.2) is 24.4 Å². The van der Waals surface area contributed by atoms with Crippen molar-refractivity contribution in [1.29, 1.82) is 0 Å². The van der Waals surface area contributed by atoms with Gasteiger partial charge < -0.3 is 15.0 Å². The van der Waals surface area contributed by atoms with Crippen LogP contribution >= 0.6 is 0 Å². The van der Waals surface area contributed by atoms with E-state index in [9.17, 15) is 4.79 Å². The number of methoxy groups -OCH3 is 1. The largest absolute Gasteiger partial charge is 0.465 e. The highest BCUT2D eigenvalue weighted by Gasteiger charge is 2.09. The Morgan fingerprint density at radius 2 is 2.20 bits per heavy atom. The Kier molecular flexibility index (Phi) is 2.11. The van der Waals surface area contributed by atoms with Gasteiger partial charge in [-0.15, -0.1) is 0 Å². The van der Waals surface area contributed by atoms with Crippen molar-refractivity contribution in [3.8, 4) is 0 Å². The van der Waals surface area contributed by atoms with Crippen LogP contribution in [0.2, 0.25) is 0 Å². The molecule has 78 valence electrons. The van der Waals surface area contributed by atoms with E-state index in [0.717, 1.165) is 10.9 Å². The van der Waals surface area contributed by atoms with Gasteiger partial charge in [-0.1, -0.05) is 0 Å². The molecule has 1 heterocycles. The highest BCUT2D eigenvalue weighted by molar-refractivity contribution is 5.99. The minimum atomic E-state index is -0.347. The van der Waals surface area contributed by atoms with E-state index in [4.69, 9.17) is 5.73 Å². The van der Waals surface area contributed by atoms with E-state index in [-0.39, 0.29) is 5.97 Å². The number of hydrogen-bond donors (Lipinski definition) is 1. The summed E-state index contributed by atoms with van der Waals surface area (Å²) >= 11 is 0. The molecule has 1 aromatic carbocycles. The molecule has 0 aliphatic heterocycles. The molecule has 4 heteroatoms. The Balaban J connectivity index is 2.65. The predicted molar refractivity (Wildman–Crippen MR) is 58.7 cm³/mol. The molecule has 2 aromatic rings. The van der Waals surface area contributed by atoms with Crippen molar-refractivity contribution in [2.24, 2.45) is 7.05 Å². The number of aryl methyl sites for hydroxylation is 1. The Labute approximate surface area is 87.2 Å². The van der Waals surface area contributed by atoms with E-state index < -0.39 is 0 Å². The number of esters is 1. The van der Waals surface area contributed by atoms with E-state index in [1.165, 1.54) is 7.11 Å². The third-order valence-electron chi connectivity index (χ3n) is 2.44. The molecular weight excluding hydrogens is 192 g/mol. The van der Waals surface area contributed by atoms with Crippen molar-refractivity contribution in [2.75, 3.05) is 12.8 Å². The van der Waals surface area contributed by atoms with Crippen LogP contribution in [-0.2, 0) is 11.8 Å². The molecule has 0 saturated carbocycles. The number of hydrogen-bond acceptors (Lipinski definition) is 3. The van der Waals surface area contributed by atoms with E-state index >= 15 is 0 Å². The second-order valence-electron chi connectivity index (χ2n) is 3.42. The lowest BCUT2D eigenvalue weighted by molar-refractivity contribution is 0.0601. The summed E-state index contributed by atoms with van der Waals surface area (Å²) in [5, 5.41) is 0.875. The summed E-state index contributed by atoms with van der Waals surface area (Å²) < 4.78 is 6.57. The Bertz CT molecular complexity index is 529. The molecule has 0 spiro atoms. The van der Waals surface area contributed by atoms with Crippen molar-refractivity contribution in [3.05, 3.63) is 30.0 Å². The number of aromatic nitrogens is 1. The Hall–Kier alpha value is -1.97. The van der Waals surface area contributed by atoms with Crippen molar-refractivity contribution >= 4 is 22.6 Å². The third-order valence-corrected chi connectivity index (χ3v) is 2.44. The molecule has 0 saturated heterocycles. The molecule has 0 fully saturated rings. The van der Waals surface area contributed by atoms with E-state index in [2.05, 4.69) is 4.74 Å². The molecule has 4 nitrogen and oxygen atoms in total. The Morgan fingerprint density at radius 3 is 2.87 bits per heavy atom. The van der Waals surface area contributed by atoms with Gasteiger partial charge in [-0.2, -0.15) is 0 Å². The van der Waals surface area contributed by atoms with E-state index in [1.54, 1.807) is 12.1 Å². The average Bonchev–Trinajstić information content (AvgIpc) is 2.53. The number of nitrogen functional groups attached to an aromatic ring is 1. The van der Waals surface area contributed by atoms with Crippen molar-refractivity contribution < 1.29 is 9.53 Å². The van der Waals surface area contributed by atoms with Gasteiger partial charge in [0, 0.05) is 24.1 Å². The number of benzene rings is 1. The number of nitrogens with zero attached hydrogens (tertiary/aromatic N) is 1. The highest BCUT2D eigenvalue weighted by Crippen LogP contribution is 2.23. The van der Waals surface area contributed by atoms with Gasteiger partial charge in [-0.25, -0.2) is 4.79 Å². The molecule has 2 rings (SSSR count). The minimum Gasteiger partial charge on any atom is -0.465 e. The van der Waals surface area contributed by atoms with Crippen molar-refractivity contribution in [1.82, 2.24) is 4.57 Å². The van der Waals surface area contributed by atoms with E-state index in [0.29, 0.717) is 11.3 Å². The molecule has 2 N–H and O–H groups in total. The fraction of sp³-hybridized carbons (Fsp3) is 0.182. The fourth-order valence-corrected chi connectivity index (χ4v) is 1.67. The molecule has 0 amide bonds. The predicted octanol–water partition coefficient (Wildman–Crippen LogP) is 1.55. The highest BCUT2D eigenvalue weighted by atomic mass is 16.5. The van der Waals surface area contributed by atoms with Gasteiger partial charge in [0.25, 0.3) is 0 Å². The maximum atomic E-state index is 11.3.